The van der Waals surface area contributed by atoms with Crippen molar-refractivity contribution < 1.29 is 9.59 Å². The van der Waals surface area contributed by atoms with E-state index in [2.05, 4.69) is 10.6 Å². The van der Waals surface area contributed by atoms with Crippen LogP contribution >= 0.6 is 12.4 Å². The Balaban J connectivity index is 0.00000208. The summed E-state index contributed by atoms with van der Waals surface area (Å²) in [5, 5.41) is 6.53. The van der Waals surface area contributed by atoms with Gasteiger partial charge in [-0.25, -0.2) is 0 Å². The molecule has 2 saturated heterocycles. The number of fused-ring (bicyclic) bond motifs is 2. The highest BCUT2D eigenvalue weighted by molar-refractivity contribution is 5.87. The maximum atomic E-state index is 12.6. The van der Waals surface area contributed by atoms with Crippen molar-refractivity contribution in [1.82, 2.24) is 15.5 Å². The number of carbonyl (C=O) groups excluding carboxylic acids is 2. The average molecular weight is 358 g/mol. The number of nitrogens with zero attached hydrogens (tertiary/aromatic N) is 1. The molecule has 0 aromatic heterocycles. The van der Waals surface area contributed by atoms with Crippen LogP contribution in [0.5, 0.6) is 0 Å². The van der Waals surface area contributed by atoms with Crippen LogP contribution in [-0.2, 0) is 9.59 Å². The first-order valence-electron chi connectivity index (χ1n) is 9.46. The molecule has 0 spiro atoms. The van der Waals surface area contributed by atoms with Gasteiger partial charge in [0, 0.05) is 31.6 Å². The molecule has 0 radical (unpaired) electrons. The Morgan fingerprint density at radius 3 is 2.54 bits per heavy atom. The third-order valence-corrected chi connectivity index (χ3v) is 5.78. The first kappa shape index (κ1) is 19.5. The summed E-state index contributed by atoms with van der Waals surface area (Å²) in [6.07, 6.45) is 10.1. The number of likely N-dealkylation sites (tertiary alicyclic amines) is 1. The molecule has 2 heterocycles. The topological polar surface area (TPSA) is 61.4 Å². The van der Waals surface area contributed by atoms with Gasteiger partial charge < -0.3 is 15.5 Å². The van der Waals surface area contributed by atoms with Crippen LogP contribution in [0.25, 0.3) is 0 Å². The standard InChI is InChI=1S/C18H31N3O2.ClH/c1-13(19-17(22)11-14-5-3-2-4-6-14)18(23)21-10-9-15-7-8-16(12-21)20-15;/h13-16,20H,2-12H2,1H3,(H,19,22);1H. The Bertz CT molecular complexity index is 440. The van der Waals surface area contributed by atoms with E-state index in [0.29, 0.717) is 24.4 Å². The number of hydrogen-bond donors (Lipinski definition) is 2. The van der Waals surface area contributed by atoms with Crippen LogP contribution in [0.4, 0.5) is 0 Å². The fourth-order valence-corrected chi connectivity index (χ4v) is 4.43. The SMILES string of the molecule is CC(NC(=O)CC1CCCCC1)C(=O)N1CCC2CCC(C1)N2.Cl. The minimum atomic E-state index is -0.400. The Kier molecular flexibility index (Phi) is 7.35. The summed E-state index contributed by atoms with van der Waals surface area (Å²) in [4.78, 5) is 26.8. The van der Waals surface area contributed by atoms with Crippen molar-refractivity contribution in [2.45, 2.75) is 82.8 Å². The first-order chi connectivity index (χ1) is 11.1. The van der Waals surface area contributed by atoms with Crippen molar-refractivity contribution in [3.05, 3.63) is 0 Å². The number of nitrogens with one attached hydrogen (secondary N) is 2. The molecule has 2 bridgehead atoms. The minimum absolute atomic E-state index is 0. The monoisotopic (exact) mass is 357 g/mol. The van der Waals surface area contributed by atoms with Crippen molar-refractivity contribution in [1.29, 1.82) is 0 Å². The molecule has 3 aliphatic rings. The molecule has 3 unspecified atom stereocenters. The van der Waals surface area contributed by atoms with E-state index in [0.717, 1.165) is 38.8 Å². The van der Waals surface area contributed by atoms with E-state index in [4.69, 9.17) is 0 Å². The van der Waals surface area contributed by atoms with E-state index >= 15 is 0 Å². The fraction of sp³-hybridized carbons (Fsp3) is 0.889. The minimum Gasteiger partial charge on any atom is -0.345 e. The molecule has 1 aliphatic carbocycles. The van der Waals surface area contributed by atoms with Crippen molar-refractivity contribution in [2.75, 3.05) is 13.1 Å². The normalized spacial score (nSPS) is 28.6. The van der Waals surface area contributed by atoms with E-state index in [-0.39, 0.29) is 24.2 Å². The number of rotatable bonds is 4. The van der Waals surface area contributed by atoms with Gasteiger partial charge in [-0.15, -0.1) is 12.4 Å². The van der Waals surface area contributed by atoms with Crippen LogP contribution in [0.15, 0.2) is 0 Å². The van der Waals surface area contributed by atoms with Crippen LogP contribution in [-0.4, -0.2) is 47.9 Å². The predicted octanol–water partition coefficient (Wildman–Crippen LogP) is 2.24. The number of amides is 2. The van der Waals surface area contributed by atoms with E-state index in [1.54, 1.807) is 0 Å². The van der Waals surface area contributed by atoms with Crippen molar-refractivity contribution in [3.63, 3.8) is 0 Å². The van der Waals surface area contributed by atoms with E-state index in [9.17, 15) is 9.59 Å². The highest BCUT2D eigenvalue weighted by Crippen LogP contribution is 2.26. The molecule has 3 atom stereocenters. The zero-order valence-corrected chi connectivity index (χ0v) is 15.6. The van der Waals surface area contributed by atoms with Gasteiger partial charge in [-0.05, 0) is 44.9 Å². The van der Waals surface area contributed by atoms with Gasteiger partial charge in [0.25, 0.3) is 0 Å². The summed E-state index contributed by atoms with van der Waals surface area (Å²) in [7, 11) is 0. The largest absolute Gasteiger partial charge is 0.345 e. The molecule has 2 aliphatic heterocycles. The van der Waals surface area contributed by atoms with Crippen molar-refractivity contribution in [3.8, 4) is 0 Å². The first-order valence-corrected chi connectivity index (χ1v) is 9.46. The van der Waals surface area contributed by atoms with E-state index in [1.165, 1.54) is 25.7 Å². The van der Waals surface area contributed by atoms with Gasteiger partial charge in [0.1, 0.15) is 6.04 Å². The zero-order chi connectivity index (χ0) is 16.2. The van der Waals surface area contributed by atoms with Crippen LogP contribution in [0.1, 0.15) is 64.7 Å². The smallest absolute Gasteiger partial charge is 0.244 e. The van der Waals surface area contributed by atoms with Gasteiger partial charge in [0.2, 0.25) is 11.8 Å². The molecule has 3 fully saturated rings. The van der Waals surface area contributed by atoms with Crippen molar-refractivity contribution >= 4 is 24.2 Å². The van der Waals surface area contributed by atoms with Gasteiger partial charge in [-0.1, -0.05) is 19.3 Å². The molecule has 24 heavy (non-hydrogen) atoms. The second kappa shape index (κ2) is 9.04. The number of halogens is 1. The lowest BCUT2D eigenvalue weighted by molar-refractivity contribution is -0.136. The third kappa shape index (κ3) is 5.09. The fourth-order valence-electron chi connectivity index (χ4n) is 4.43. The second-order valence-electron chi connectivity index (χ2n) is 7.71. The highest BCUT2D eigenvalue weighted by atomic mass is 35.5. The lowest BCUT2D eigenvalue weighted by atomic mass is 9.87. The molecule has 2 N–H and O–H groups in total. The molecule has 5 nitrogen and oxygen atoms in total. The summed E-state index contributed by atoms with van der Waals surface area (Å²) in [6.45, 7) is 3.44. The quantitative estimate of drug-likeness (QED) is 0.811. The Morgan fingerprint density at radius 1 is 1.08 bits per heavy atom. The third-order valence-electron chi connectivity index (χ3n) is 5.78. The lowest BCUT2D eigenvalue weighted by Crippen LogP contribution is -2.49. The van der Waals surface area contributed by atoms with Gasteiger partial charge in [0.05, 0.1) is 0 Å². The van der Waals surface area contributed by atoms with E-state index < -0.39 is 6.04 Å². The molecule has 138 valence electrons. The number of carbonyl (C=O) groups is 2. The van der Waals surface area contributed by atoms with Gasteiger partial charge >= 0.3 is 0 Å². The summed E-state index contributed by atoms with van der Waals surface area (Å²) in [5.41, 5.74) is 0. The van der Waals surface area contributed by atoms with E-state index in [1.807, 2.05) is 11.8 Å². The Labute approximate surface area is 151 Å². The molecular weight excluding hydrogens is 326 g/mol. The Morgan fingerprint density at radius 2 is 1.79 bits per heavy atom. The molecule has 3 rings (SSSR count). The molecule has 6 heteroatoms. The van der Waals surface area contributed by atoms with Crippen LogP contribution in [0.2, 0.25) is 0 Å². The second-order valence-corrected chi connectivity index (χ2v) is 7.71. The average Bonchev–Trinajstić information content (AvgIpc) is 2.86. The molecule has 0 aromatic rings. The molecule has 0 aromatic carbocycles. The van der Waals surface area contributed by atoms with Crippen molar-refractivity contribution in [2.24, 2.45) is 5.92 Å². The van der Waals surface area contributed by atoms with Gasteiger partial charge in [0.15, 0.2) is 0 Å². The number of hydrogen-bond acceptors (Lipinski definition) is 3. The summed E-state index contributed by atoms with van der Waals surface area (Å²) < 4.78 is 0. The highest BCUT2D eigenvalue weighted by Gasteiger charge is 2.33. The maximum absolute atomic E-state index is 12.6. The summed E-state index contributed by atoms with van der Waals surface area (Å²) in [5.74, 6) is 0.646. The lowest BCUT2D eigenvalue weighted by Gasteiger charge is -2.28. The van der Waals surface area contributed by atoms with Gasteiger partial charge in [-0.2, -0.15) is 0 Å². The summed E-state index contributed by atoms with van der Waals surface area (Å²) >= 11 is 0. The Hall–Kier alpha value is -0.810. The maximum Gasteiger partial charge on any atom is 0.244 e. The predicted molar refractivity (Wildman–Crippen MR) is 97.2 cm³/mol. The van der Waals surface area contributed by atoms with Gasteiger partial charge in [-0.3, -0.25) is 9.59 Å². The summed E-state index contributed by atoms with van der Waals surface area (Å²) in [6, 6.07) is 0.619. The van der Waals surface area contributed by atoms with Crippen LogP contribution < -0.4 is 10.6 Å². The van der Waals surface area contributed by atoms with Crippen LogP contribution in [0, 0.1) is 5.92 Å². The zero-order valence-electron chi connectivity index (χ0n) is 14.8. The molecular formula is C18H32ClN3O2. The molecule has 1 saturated carbocycles. The molecule has 2 amide bonds. The van der Waals surface area contributed by atoms with Crippen LogP contribution in [0.3, 0.4) is 0 Å².